The average Bonchev–Trinajstić information content (AvgIpc) is 2.61. The lowest BCUT2D eigenvalue weighted by Crippen LogP contribution is -2.64. The number of carboxylic acid groups (broad SMARTS) is 1. The summed E-state index contributed by atoms with van der Waals surface area (Å²) in [6.45, 7) is 3.80. The summed E-state index contributed by atoms with van der Waals surface area (Å²) >= 11 is 0. The van der Waals surface area contributed by atoms with E-state index in [9.17, 15) is 14.7 Å². The lowest BCUT2D eigenvalue weighted by atomic mass is 9.68. The van der Waals surface area contributed by atoms with Gasteiger partial charge in [-0.15, -0.1) is 0 Å². The van der Waals surface area contributed by atoms with E-state index in [4.69, 9.17) is 4.74 Å². The van der Waals surface area contributed by atoms with E-state index < -0.39 is 11.4 Å². The molecule has 0 saturated carbocycles. The van der Waals surface area contributed by atoms with E-state index in [1.165, 1.54) is 0 Å². The van der Waals surface area contributed by atoms with Crippen LogP contribution >= 0.6 is 0 Å². The number of aryl methyl sites for hydroxylation is 1. The van der Waals surface area contributed by atoms with Crippen LogP contribution in [0.1, 0.15) is 24.8 Å². The van der Waals surface area contributed by atoms with Crippen molar-refractivity contribution in [3.05, 3.63) is 29.8 Å². The van der Waals surface area contributed by atoms with Gasteiger partial charge < -0.3 is 19.6 Å². The van der Waals surface area contributed by atoms with Crippen molar-refractivity contribution >= 4 is 11.9 Å². The summed E-state index contributed by atoms with van der Waals surface area (Å²) in [6.07, 6.45) is 2.09. The van der Waals surface area contributed by atoms with Gasteiger partial charge in [0.05, 0.1) is 5.41 Å². The highest BCUT2D eigenvalue weighted by molar-refractivity contribution is 5.80. The number of likely N-dealkylation sites (N-methyl/N-ethyl adjacent to an activating group) is 1. The summed E-state index contributed by atoms with van der Waals surface area (Å²) in [4.78, 5) is 28.3. The van der Waals surface area contributed by atoms with Gasteiger partial charge in [0.2, 0.25) is 0 Å². The predicted molar refractivity (Wildman–Crippen MR) is 93.6 cm³/mol. The molecular formula is C19H26N2O4. The van der Waals surface area contributed by atoms with Crippen molar-refractivity contribution in [2.45, 2.75) is 32.2 Å². The molecule has 1 aromatic carbocycles. The third kappa shape index (κ3) is 3.49. The van der Waals surface area contributed by atoms with Gasteiger partial charge in [0.1, 0.15) is 5.75 Å². The number of carboxylic acids is 1. The number of carbonyl (C=O) groups is 2. The zero-order valence-corrected chi connectivity index (χ0v) is 14.9. The van der Waals surface area contributed by atoms with Gasteiger partial charge in [-0.3, -0.25) is 9.59 Å². The zero-order chi connectivity index (χ0) is 18.0. The van der Waals surface area contributed by atoms with Crippen LogP contribution in [0.4, 0.5) is 0 Å². The first kappa shape index (κ1) is 17.7. The molecule has 0 aromatic heterocycles. The second-order valence-corrected chi connectivity index (χ2v) is 7.25. The van der Waals surface area contributed by atoms with Crippen molar-refractivity contribution in [2.24, 2.45) is 5.41 Å². The number of benzene rings is 1. The molecule has 2 aliphatic heterocycles. The topological polar surface area (TPSA) is 70.1 Å². The first-order valence-corrected chi connectivity index (χ1v) is 8.83. The standard InChI is InChI=1S/C19H26N2O4/c1-14-4-6-15(7-5-14)25-13-17(22)21-11-9-19(18(23)24)8-3-10-20(2)16(19)12-21/h4-7,16H,3,8-13H2,1-2H3,(H,23,24)/t16-,19+/m1/s1. The second kappa shape index (κ2) is 7.04. The fraction of sp³-hybridized carbons (Fsp3) is 0.579. The smallest absolute Gasteiger partial charge is 0.311 e. The highest BCUT2D eigenvalue weighted by Crippen LogP contribution is 2.42. The number of aliphatic carboxylic acids is 1. The molecule has 0 radical (unpaired) electrons. The maximum absolute atomic E-state index is 12.5. The Morgan fingerprint density at radius 3 is 2.64 bits per heavy atom. The number of amides is 1. The van der Waals surface area contributed by atoms with E-state index in [0.29, 0.717) is 31.7 Å². The molecule has 2 aliphatic rings. The third-order valence-corrected chi connectivity index (χ3v) is 5.69. The maximum atomic E-state index is 12.5. The molecule has 2 saturated heterocycles. The largest absolute Gasteiger partial charge is 0.484 e. The van der Waals surface area contributed by atoms with Gasteiger partial charge >= 0.3 is 5.97 Å². The van der Waals surface area contributed by atoms with Crippen LogP contribution in [0, 0.1) is 12.3 Å². The van der Waals surface area contributed by atoms with Crippen molar-refractivity contribution in [3.8, 4) is 5.75 Å². The summed E-state index contributed by atoms with van der Waals surface area (Å²) in [7, 11) is 1.96. The quantitative estimate of drug-likeness (QED) is 0.900. The van der Waals surface area contributed by atoms with Crippen LogP contribution < -0.4 is 4.74 Å². The fourth-order valence-corrected chi connectivity index (χ4v) is 4.08. The van der Waals surface area contributed by atoms with Gasteiger partial charge in [0.25, 0.3) is 5.91 Å². The van der Waals surface area contributed by atoms with Gasteiger partial charge in [-0.05, 0) is 51.9 Å². The average molecular weight is 346 g/mol. The summed E-state index contributed by atoms with van der Waals surface area (Å²) in [5.74, 6) is -0.142. The Bertz CT molecular complexity index is 645. The minimum absolute atomic E-state index is 0.0143. The summed E-state index contributed by atoms with van der Waals surface area (Å²) in [5, 5.41) is 9.79. The highest BCUT2D eigenvalue weighted by Gasteiger charge is 2.52. The van der Waals surface area contributed by atoms with E-state index in [2.05, 4.69) is 4.90 Å². The van der Waals surface area contributed by atoms with Crippen LogP contribution in [-0.4, -0.2) is 66.1 Å². The number of rotatable bonds is 4. The molecule has 1 amide bonds. The Balaban J connectivity index is 1.63. The SMILES string of the molecule is Cc1ccc(OCC(=O)N2CC[C@@]3(C(=O)O)CCCN(C)[C@@H]3C2)cc1. The van der Waals surface area contributed by atoms with Crippen LogP contribution in [0.3, 0.4) is 0 Å². The second-order valence-electron chi connectivity index (χ2n) is 7.25. The first-order valence-electron chi connectivity index (χ1n) is 8.83. The Hall–Kier alpha value is -2.08. The Kier molecular flexibility index (Phi) is 4.99. The lowest BCUT2D eigenvalue weighted by Gasteiger charge is -2.51. The molecule has 2 fully saturated rings. The van der Waals surface area contributed by atoms with Crippen molar-refractivity contribution in [1.82, 2.24) is 9.80 Å². The van der Waals surface area contributed by atoms with Gasteiger partial charge in [-0.2, -0.15) is 0 Å². The molecule has 0 aliphatic carbocycles. The number of hydrogen-bond acceptors (Lipinski definition) is 4. The third-order valence-electron chi connectivity index (χ3n) is 5.69. The highest BCUT2D eigenvalue weighted by atomic mass is 16.5. The van der Waals surface area contributed by atoms with Crippen LogP contribution in [0.25, 0.3) is 0 Å². The number of piperidine rings is 2. The predicted octanol–water partition coefficient (Wildman–Crippen LogP) is 1.77. The van der Waals surface area contributed by atoms with Crippen LogP contribution in [0.2, 0.25) is 0 Å². The number of fused-ring (bicyclic) bond motifs is 1. The molecule has 0 bridgehead atoms. The minimum atomic E-state index is -0.730. The molecule has 2 heterocycles. The zero-order valence-electron chi connectivity index (χ0n) is 14.9. The van der Waals surface area contributed by atoms with Gasteiger partial charge in [0, 0.05) is 19.1 Å². The summed E-state index contributed by atoms with van der Waals surface area (Å²) < 4.78 is 5.59. The van der Waals surface area contributed by atoms with Crippen molar-refractivity contribution in [3.63, 3.8) is 0 Å². The molecule has 1 N–H and O–H groups in total. The first-order chi connectivity index (χ1) is 11.9. The molecule has 3 rings (SSSR count). The molecule has 2 atom stereocenters. The normalized spacial score (nSPS) is 26.8. The molecule has 136 valence electrons. The molecule has 6 nitrogen and oxygen atoms in total. The Morgan fingerprint density at radius 2 is 1.96 bits per heavy atom. The monoisotopic (exact) mass is 346 g/mol. The number of ether oxygens (including phenoxy) is 1. The lowest BCUT2D eigenvalue weighted by molar-refractivity contribution is -0.165. The van der Waals surface area contributed by atoms with E-state index in [-0.39, 0.29) is 18.6 Å². The number of carbonyl (C=O) groups excluding carboxylic acids is 1. The van der Waals surface area contributed by atoms with E-state index in [1.54, 1.807) is 4.90 Å². The van der Waals surface area contributed by atoms with Crippen molar-refractivity contribution < 1.29 is 19.4 Å². The van der Waals surface area contributed by atoms with E-state index >= 15 is 0 Å². The molecule has 1 aromatic rings. The summed E-state index contributed by atoms with van der Waals surface area (Å²) in [5.41, 5.74) is 0.418. The van der Waals surface area contributed by atoms with Crippen molar-refractivity contribution in [1.29, 1.82) is 0 Å². The minimum Gasteiger partial charge on any atom is -0.484 e. The van der Waals surface area contributed by atoms with Gasteiger partial charge in [0.15, 0.2) is 6.61 Å². The van der Waals surface area contributed by atoms with Crippen molar-refractivity contribution in [2.75, 3.05) is 33.3 Å². The number of likely N-dealkylation sites (tertiary alicyclic amines) is 2. The number of nitrogens with zero attached hydrogens (tertiary/aromatic N) is 2. The molecule has 6 heteroatoms. The van der Waals surface area contributed by atoms with Crippen LogP contribution in [0.15, 0.2) is 24.3 Å². The fourth-order valence-electron chi connectivity index (χ4n) is 4.08. The number of hydrogen-bond donors (Lipinski definition) is 1. The van der Waals surface area contributed by atoms with E-state index in [1.807, 2.05) is 38.2 Å². The molecule has 0 spiro atoms. The molecule has 25 heavy (non-hydrogen) atoms. The van der Waals surface area contributed by atoms with Crippen LogP contribution in [-0.2, 0) is 9.59 Å². The van der Waals surface area contributed by atoms with E-state index in [0.717, 1.165) is 18.5 Å². The Morgan fingerprint density at radius 1 is 1.24 bits per heavy atom. The van der Waals surface area contributed by atoms with Crippen LogP contribution in [0.5, 0.6) is 5.75 Å². The maximum Gasteiger partial charge on any atom is 0.311 e. The molecule has 0 unspecified atom stereocenters. The molecular weight excluding hydrogens is 320 g/mol. The Labute approximate surface area is 148 Å². The summed E-state index contributed by atoms with van der Waals surface area (Å²) in [6, 6.07) is 7.46. The van der Waals surface area contributed by atoms with Gasteiger partial charge in [-0.1, -0.05) is 17.7 Å². The van der Waals surface area contributed by atoms with Gasteiger partial charge in [-0.25, -0.2) is 0 Å².